The van der Waals surface area contributed by atoms with Crippen molar-refractivity contribution in [3.05, 3.63) is 124 Å². The molecule has 0 aliphatic carbocycles. The first-order valence-electron chi connectivity index (χ1n) is 16.4. The number of carbonyl (C=O) groups is 5. The van der Waals surface area contributed by atoms with E-state index in [1.54, 1.807) is 24.3 Å². The number of nitrogens with one attached hydrogen (secondary N) is 3. The van der Waals surface area contributed by atoms with Crippen molar-refractivity contribution in [1.29, 1.82) is 0 Å². The standard InChI is InChI=1S/C38H40N4O7S/c1-42-33(22-26-11-6-3-7-12-26)36(45)40-30(19-16-25-9-4-2-5-10-25)35(44)41-32(38(47)48)21-27-14-17-28(18-15-27)49-24-34(43)39-31(37(42)46)23-29-13-8-20-50-29/h2-15,17-18,20,30-33H,16,19,21-24H2,1H3,(H,39,43)(H,40,45)(H,41,44)(H,47,48). The third-order valence-electron chi connectivity index (χ3n) is 8.55. The summed E-state index contributed by atoms with van der Waals surface area (Å²) in [6, 6.07) is 24.4. The second kappa shape index (κ2) is 17.3. The van der Waals surface area contributed by atoms with Gasteiger partial charge in [-0.15, -0.1) is 11.3 Å². The van der Waals surface area contributed by atoms with E-state index in [4.69, 9.17) is 4.74 Å². The van der Waals surface area contributed by atoms with Gasteiger partial charge in [0.05, 0.1) is 0 Å². The maximum Gasteiger partial charge on any atom is 0.326 e. The molecule has 4 atom stereocenters. The average molecular weight is 697 g/mol. The van der Waals surface area contributed by atoms with Gasteiger partial charge in [-0.05, 0) is 53.1 Å². The van der Waals surface area contributed by atoms with E-state index in [9.17, 15) is 29.1 Å². The van der Waals surface area contributed by atoms with Crippen LogP contribution < -0.4 is 20.7 Å². The summed E-state index contributed by atoms with van der Waals surface area (Å²) in [4.78, 5) is 69.9. The number of aryl methyl sites for hydroxylation is 1. The number of amides is 4. The molecule has 50 heavy (non-hydrogen) atoms. The van der Waals surface area contributed by atoms with Crippen LogP contribution in [0.3, 0.4) is 0 Å². The van der Waals surface area contributed by atoms with Crippen molar-refractivity contribution in [2.75, 3.05) is 13.7 Å². The number of carboxylic acids is 1. The Morgan fingerprint density at radius 3 is 2.12 bits per heavy atom. The molecule has 1 aromatic heterocycles. The van der Waals surface area contributed by atoms with E-state index in [1.807, 2.05) is 78.2 Å². The van der Waals surface area contributed by atoms with Gasteiger partial charge < -0.3 is 30.7 Å². The molecule has 260 valence electrons. The van der Waals surface area contributed by atoms with E-state index in [0.717, 1.165) is 16.0 Å². The van der Waals surface area contributed by atoms with Crippen molar-refractivity contribution in [2.45, 2.75) is 56.3 Å². The molecule has 4 amide bonds. The van der Waals surface area contributed by atoms with Crippen molar-refractivity contribution in [3.8, 4) is 5.75 Å². The molecule has 4 aromatic rings. The van der Waals surface area contributed by atoms with Crippen molar-refractivity contribution in [2.24, 2.45) is 0 Å². The van der Waals surface area contributed by atoms with Gasteiger partial charge in [0.15, 0.2) is 6.61 Å². The molecule has 4 unspecified atom stereocenters. The van der Waals surface area contributed by atoms with Crippen LogP contribution in [0.1, 0.15) is 28.0 Å². The van der Waals surface area contributed by atoms with Crippen molar-refractivity contribution < 1.29 is 33.8 Å². The van der Waals surface area contributed by atoms with E-state index in [0.29, 0.717) is 17.7 Å². The second-order valence-corrected chi connectivity index (χ2v) is 13.2. The highest BCUT2D eigenvalue weighted by Crippen LogP contribution is 2.18. The minimum absolute atomic E-state index is 0.0283. The number of rotatable bonds is 8. The van der Waals surface area contributed by atoms with Gasteiger partial charge in [0.2, 0.25) is 17.7 Å². The largest absolute Gasteiger partial charge is 0.484 e. The zero-order chi connectivity index (χ0) is 35.5. The molecule has 12 heteroatoms. The molecule has 0 saturated heterocycles. The SMILES string of the molecule is CN1C(=O)C(Cc2cccs2)NC(=O)COc2ccc(cc2)CC(C(=O)O)NC(=O)C(CCc2ccccc2)NC(=O)C1Cc1ccccc1. The molecule has 0 saturated carbocycles. The summed E-state index contributed by atoms with van der Waals surface area (Å²) in [6.45, 7) is -0.373. The summed E-state index contributed by atoms with van der Waals surface area (Å²) in [7, 11) is 1.50. The van der Waals surface area contributed by atoms with Gasteiger partial charge in [-0.3, -0.25) is 19.2 Å². The first kappa shape index (κ1) is 35.8. The van der Waals surface area contributed by atoms with Gasteiger partial charge >= 0.3 is 5.97 Å². The maximum atomic E-state index is 14.3. The van der Waals surface area contributed by atoms with E-state index in [2.05, 4.69) is 16.0 Å². The number of aliphatic carboxylic acids is 1. The number of ether oxygens (including phenoxy) is 1. The quantitative estimate of drug-likeness (QED) is 0.207. The highest BCUT2D eigenvalue weighted by Gasteiger charge is 2.35. The summed E-state index contributed by atoms with van der Waals surface area (Å²) in [5.74, 6) is -3.15. The van der Waals surface area contributed by atoms with Gasteiger partial charge in [-0.1, -0.05) is 78.9 Å². The van der Waals surface area contributed by atoms with Gasteiger partial charge in [0.1, 0.15) is 29.9 Å². The molecule has 2 aliphatic rings. The zero-order valence-electron chi connectivity index (χ0n) is 27.6. The maximum absolute atomic E-state index is 14.3. The third kappa shape index (κ3) is 10.0. The minimum Gasteiger partial charge on any atom is -0.484 e. The lowest BCUT2D eigenvalue weighted by atomic mass is 10.00. The van der Waals surface area contributed by atoms with E-state index < -0.39 is 53.8 Å². The lowest BCUT2D eigenvalue weighted by molar-refractivity contribution is -0.143. The normalized spacial score (nSPS) is 20.8. The molecule has 3 heterocycles. The second-order valence-electron chi connectivity index (χ2n) is 12.2. The van der Waals surface area contributed by atoms with Crippen LogP contribution in [0.2, 0.25) is 0 Å². The molecule has 0 spiro atoms. The first-order chi connectivity index (χ1) is 24.2. The number of hydrogen-bond donors (Lipinski definition) is 4. The molecule has 0 fully saturated rings. The summed E-state index contributed by atoms with van der Waals surface area (Å²) in [5, 5.41) is 20.2. The van der Waals surface area contributed by atoms with Crippen molar-refractivity contribution in [1.82, 2.24) is 20.9 Å². The van der Waals surface area contributed by atoms with E-state index >= 15 is 0 Å². The fourth-order valence-electron chi connectivity index (χ4n) is 5.78. The highest BCUT2D eigenvalue weighted by atomic mass is 32.1. The number of benzene rings is 3. The Hall–Kier alpha value is -5.49. The molecular formula is C38H40N4O7S. The lowest BCUT2D eigenvalue weighted by Crippen LogP contribution is -2.59. The van der Waals surface area contributed by atoms with Crippen molar-refractivity contribution in [3.63, 3.8) is 0 Å². The predicted molar refractivity (Wildman–Crippen MR) is 189 cm³/mol. The highest BCUT2D eigenvalue weighted by molar-refractivity contribution is 7.09. The van der Waals surface area contributed by atoms with Crippen LogP contribution in [0.4, 0.5) is 0 Å². The molecule has 4 N–H and O–H groups in total. The Morgan fingerprint density at radius 1 is 0.800 bits per heavy atom. The van der Waals surface area contributed by atoms with Gasteiger partial charge in [-0.25, -0.2) is 4.79 Å². The molecule has 11 nitrogen and oxygen atoms in total. The molecule has 0 radical (unpaired) electrons. The average Bonchev–Trinajstić information content (AvgIpc) is 3.64. The number of likely N-dealkylation sites (N-methyl/N-ethyl adjacent to an activating group) is 1. The van der Waals surface area contributed by atoms with Crippen LogP contribution in [0.25, 0.3) is 0 Å². The summed E-state index contributed by atoms with van der Waals surface area (Å²) >= 11 is 1.44. The number of carbonyl (C=O) groups excluding carboxylic acids is 4. The molecule has 2 bridgehead atoms. The topological polar surface area (TPSA) is 154 Å². The Kier molecular flexibility index (Phi) is 12.4. The van der Waals surface area contributed by atoms with Crippen LogP contribution in [0, 0.1) is 0 Å². The van der Waals surface area contributed by atoms with Crippen LogP contribution in [-0.2, 0) is 49.7 Å². The number of fused-ring (bicyclic) bond motifs is 16. The number of thiophene rings is 1. The van der Waals surface area contributed by atoms with Crippen LogP contribution >= 0.6 is 11.3 Å². The Morgan fingerprint density at radius 2 is 1.48 bits per heavy atom. The van der Waals surface area contributed by atoms with Gasteiger partial charge in [-0.2, -0.15) is 0 Å². The molecule has 3 aromatic carbocycles. The van der Waals surface area contributed by atoms with Crippen LogP contribution in [-0.4, -0.2) is 77.4 Å². The van der Waals surface area contributed by atoms with Crippen LogP contribution in [0.5, 0.6) is 5.75 Å². The van der Waals surface area contributed by atoms with Crippen LogP contribution in [0.15, 0.2) is 102 Å². The number of carboxylic acid groups (broad SMARTS) is 1. The first-order valence-corrected chi connectivity index (χ1v) is 17.3. The Bertz CT molecular complexity index is 1750. The third-order valence-corrected chi connectivity index (χ3v) is 9.45. The minimum atomic E-state index is -1.29. The fraction of sp³-hybridized carbons (Fsp3) is 0.289. The fourth-order valence-corrected chi connectivity index (χ4v) is 6.53. The number of nitrogens with zero attached hydrogens (tertiary/aromatic N) is 1. The zero-order valence-corrected chi connectivity index (χ0v) is 28.4. The molecule has 6 rings (SSSR count). The predicted octanol–water partition coefficient (Wildman–Crippen LogP) is 3.17. The van der Waals surface area contributed by atoms with E-state index in [-0.39, 0.29) is 32.3 Å². The van der Waals surface area contributed by atoms with E-state index in [1.165, 1.54) is 23.3 Å². The monoisotopic (exact) mass is 696 g/mol. The molecule has 2 aliphatic heterocycles. The van der Waals surface area contributed by atoms with Crippen molar-refractivity contribution >= 4 is 40.9 Å². The lowest BCUT2D eigenvalue weighted by Gasteiger charge is -2.32. The van der Waals surface area contributed by atoms with Gasteiger partial charge in [0, 0.05) is 31.2 Å². The Balaban J connectivity index is 1.51. The molecular weight excluding hydrogens is 657 g/mol. The summed E-state index contributed by atoms with van der Waals surface area (Å²) < 4.78 is 5.68. The van der Waals surface area contributed by atoms with Gasteiger partial charge in [0.25, 0.3) is 5.91 Å². The summed E-state index contributed by atoms with van der Waals surface area (Å²) in [5.41, 5.74) is 2.32. The summed E-state index contributed by atoms with van der Waals surface area (Å²) in [6.07, 6.45) is 0.883. The Labute approximate surface area is 294 Å². The number of hydrogen-bond acceptors (Lipinski definition) is 7. The smallest absolute Gasteiger partial charge is 0.326 e.